The Hall–Kier alpha value is 0.461. The van der Waals surface area contributed by atoms with E-state index in [1.807, 2.05) is 0 Å². The van der Waals surface area contributed by atoms with Crippen molar-refractivity contribution in [2.24, 2.45) is 11.8 Å². The third-order valence-corrected chi connectivity index (χ3v) is 10.5. The molecule has 6 heteroatoms. The van der Waals surface area contributed by atoms with Gasteiger partial charge >= 0.3 is 134 Å². The second-order valence-corrected chi connectivity index (χ2v) is 13.8. The molecular weight excluding hydrogens is 393 g/mol. The molecule has 0 aromatic carbocycles. The largest absolute Gasteiger partial charge is 1.00 e. The second-order valence-electron chi connectivity index (χ2n) is 7.52. The number of rotatable bonds is 3. The minimum Gasteiger partial charge on any atom is -1.00 e. The molecule has 0 aromatic rings. The maximum absolute atomic E-state index is 12.6. The van der Waals surface area contributed by atoms with Crippen molar-refractivity contribution in [1.29, 1.82) is 0 Å². The van der Waals surface area contributed by atoms with Crippen LogP contribution < -0.4 is 28.6 Å². The predicted octanol–water partition coefficient (Wildman–Crippen LogP) is -2.34. The molecule has 0 bridgehead atoms. The summed E-state index contributed by atoms with van der Waals surface area (Å²) in [6.07, 6.45) is 5.94. The van der Waals surface area contributed by atoms with Gasteiger partial charge in [-0.15, -0.1) is 0 Å². The first-order valence-corrected chi connectivity index (χ1v) is 13.1. The molecule has 24 heavy (non-hydrogen) atoms. The second kappa shape index (κ2) is 10.6. The van der Waals surface area contributed by atoms with E-state index in [1.165, 1.54) is 36.0 Å². The molecule has 140 valence electrons. The van der Waals surface area contributed by atoms with Crippen molar-refractivity contribution in [2.75, 3.05) is 0 Å². The van der Waals surface area contributed by atoms with Crippen LogP contribution in [0.3, 0.4) is 0 Å². The van der Waals surface area contributed by atoms with Gasteiger partial charge in [-0.1, -0.05) is 0 Å². The van der Waals surface area contributed by atoms with E-state index in [4.69, 9.17) is 0 Å². The van der Waals surface area contributed by atoms with Crippen molar-refractivity contribution >= 4 is 16.9 Å². The Balaban J connectivity index is 0. The van der Waals surface area contributed by atoms with Gasteiger partial charge in [-0.25, -0.2) is 0 Å². The molecule has 0 aromatic heterocycles. The summed E-state index contributed by atoms with van der Waals surface area (Å²) in [7, 11) is 0. The number of allylic oxidation sites excluding steroid dienone is 4. The summed E-state index contributed by atoms with van der Waals surface area (Å²) in [6, 6.07) is 0. The molecule has 1 saturated carbocycles. The number of carbonyl (C=O) groups is 1. The van der Waals surface area contributed by atoms with Gasteiger partial charge in [-0.3, -0.25) is 0 Å². The van der Waals surface area contributed by atoms with Crippen LogP contribution in [0.25, 0.3) is 0 Å². The van der Waals surface area contributed by atoms with Crippen LogP contribution in [0.1, 0.15) is 59.8 Å². The van der Waals surface area contributed by atoms with Gasteiger partial charge in [0.2, 0.25) is 0 Å². The zero-order valence-corrected chi connectivity index (χ0v) is 18.4. The number of hydrogen-bond donors (Lipinski definition) is 1. The third kappa shape index (κ3) is 5.48. The molecule has 1 amide bonds. The molecule has 1 atom stereocenters. The predicted molar refractivity (Wildman–Crippen MR) is 98.0 cm³/mol. The van der Waals surface area contributed by atoms with E-state index >= 15 is 0 Å². The van der Waals surface area contributed by atoms with E-state index in [2.05, 4.69) is 42.0 Å². The standard InChI is InChI=1S/C9H13.C7H13NO.2CH3.2ClH.H4Si.Ti/c1-6-5-7(2)9(4)8(6)3;8-7(9)6-4-2-1-3-5-6;;;;;;/h6H,1-4H3;6H,1-5H2,(H2,8,9);2*1H3;2*1H;1H4;/q;;;;;;;+3/p-3. The topological polar surface area (TPSA) is 29.1 Å². The van der Waals surface area contributed by atoms with Crippen molar-refractivity contribution < 1.29 is 46.5 Å². The summed E-state index contributed by atoms with van der Waals surface area (Å²) in [5.41, 5.74) is 4.39. The fraction of sp³-hybridized carbons (Fsp3) is 0.722. The van der Waals surface area contributed by atoms with Crippen LogP contribution in [0.5, 0.6) is 0 Å². The number of hydrogen-bond acceptors (Lipinski definition) is 1. The normalized spacial score (nSPS) is 21.0. The van der Waals surface area contributed by atoms with Gasteiger partial charge in [0.1, 0.15) is 0 Å². The first-order valence-electron chi connectivity index (χ1n) is 8.46. The Morgan fingerprint density at radius 3 is 1.92 bits per heavy atom. The van der Waals surface area contributed by atoms with Crippen molar-refractivity contribution in [3.05, 3.63) is 20.6 Å². The quantitative estimate of drug-likeness (QED) is 0.502. The smallest absolute Gasteiger partial charge is 0.0149 e. The van der Waals surface area contributed by atoms with E-state index in [0.29, 0.717) is 11.8 Å². The van der Waals surface area contributed by atoms with E-state index in [0.717, 1.165) is 12.8 Å². The van der Waals surface area contributed by atoms with Crippen molar-refractivity contribution in [3.8, 4) is 0 Å². The zero-order valence-electron chi connectivity index (χ0n) is 15.4. The molecule has 2 rings (SSSR count). The molecule has 1 unspecified atom stereocenters. The molecule has 0 spiro atoms. The summed E-state index contributed by atoms with van der Waals surface area (Å²) in [6.45, 7) is 9.04. The Bertz CT molecular complexity index is 511. The fourth-order valence-electron chi connectivity index (χ4n) is 4.22. The summed E-state index contributed by atoms with van der Waals surface area (Å²) < 4.78 is 5.11. The number of amides is 1. The molecule has 1 N–H and O–H groups in total. The minimum atomic E-state index is -2.46. The number of nitrogens with one attached hydrogen (secondary N) is 1. The molecule has 1 fully saturated rings. The molecule has 2 nitrogen and oxygen atoms in total. The summed E-state index contributed by atoms with van der Waals surface area (Å²) >= 11 is -2.46. The third-order valence-electron chi connectivity index (χ3n) is 5.73. The molecule has 2 aliphatic rings. The molecular formula is C18H35Cl2NOSiTi. The summed E-state index contributed by atoms with van der Waals surface area (Å²) in [5.74, 6) is 1.14. The summed E-state index contributed by atoms with van der Waals surface area (Å²) in [4.78, 5) is 12.6. The van der Waals surface area contributed by atoms with Gasteiger partial charge < -0.3 is 24.8 Å². The first kappa shape index (κ1) is 26.7. The number of carbonyl (C=O) groups excluding carboxylic acids is 1. The van der Waals surface area contributed by atoms with Gasteiger partial charge in [0.25, 0.3) is 0 Å². The van der Waals surface area contributed by atoms with E-state index in [-0.39, 0.29) is 41.7 Å². The SMILES string of the molecule is CC1=C(C)C(C)[C]([Ti+2]([CH3])([CH3])[NH]C(=O)C2CCCCC2)=C1C.[Cl-].[Cl-].[SiH4]. The Morgan fingerprint density at radius 2 is 1.50 bits per heavy atom. The van der Waals surface area contributed by atoms with Crippen LogP contribution in [0.2, 0.25) is 10.5 Å². The molecule has 0 heterocycles. The average molecular weight is 428 g/mol. The van der Waals surface area contributed by atoms with Crippen molar-refractivity contribution in [2.45, 2.75) is 70.3 Å². The average Bonchev–Trinajstić information content (AvgIpc) is 2.63. The van der Waals surface area contributed by atoms with Gasteiger partial charge in [0.05, 0.1) is 0 Å². The van der Waals surface area contributed by atoms with Crippen LogP contribution in [0, 0.1) is 11.8 Å². The Kier molecular flexibility index (Phi) is 11.8. The van der Waals surface area contributed by atoms with E-state index < -0.39 is 16.8 Å². The van der Waals surface area contributed by atoms with Crippen LogP contribution in [0.15, 0.2) is 20.6 Å². The summed E-state index contributed by atoms with van der Waals surface area (Å²) in [5, 5.41) is 4.70. The van der Waals surface area contributed by atoms with E-state index in [1.54, 1.807) is 3.88 Å². The molecule has 2 aliphatic carbocycles. The van der Waals surface area contributed by atoms with Crippen molar-refractivity contribution in [1.82, 2.24) is 3.80 Å². The maximum atomic E-state index is 12.6. The van der Waals surface area contributed by atoms with Crippen LogP contribution in [0.4, 0.5) is 0 Å². The van der Waals surface area contributed by atoms with Gasteiger partial charge in [0.15, 0.2) is 0 Å². The zero-order chi connectivity index (χ0) is 15.8. The maximum Gasteiger partial charge on any atom is -0.0149 e. The molecule has 0 saturated heterocycles. The molecule has 0 radical (unpaired) electrons. The number of halogens is 2. The van der Waals surface area contributed by atoms with E-state index in [9.17, 15) is 4.79 Å². The fourth-order valence-corrected chi connectivity index (χ4v) is 9.49. The monoisotopic (exact) mass is 427 g/mol. The molecule has 0 aliphatic heterocycles. The van der Waals surface area contributed by atoms with Crippen LogP contribution in [-0.2, 0) is 21.6 Å². The first-order chi connectivity index (χ1) is 9.75. The van der Waals surface area contributed by atoms with Gasteiger partial charge in [-0.2, -0.15) is 0 Å². The minimum absolute atomic E-state index is 0. The van der Waals surface area contributed by atoms with Crippen LogP contribution >= 0.6 is 0 Å². The van der Waals surface area contributed by atoms with Crippen LogP contribution in [-0.4, -0.2) is 16.9 Å². The Morgan fingerprint density at radius 1 is 1.00 bits per heavy atom. The Labute approximate surface area is 169 Å². The van der Waals surface area contributed by atoms with Crippen molar-refractivity contribution in [3.63, 3.8) is 0 Å². The van der Waals surface area contributed by atoms with Gasteiger partial charge in [-0.05, 0) is 11.0 Å². The van der Waals surface area contributed by atoms with Gasteiger partial charge in [0, 0.05) is 0 Å².